The fourth-order valence-electron chi connectivity index (χ4n) is 19.6. The molecule has 10 unspecified atom stereocenters. The molecular formula is C115H111NO25. The van der Waals surface area contributed by atoms with Gasteiger partial charge in [-0.15, -0.1) is 0 Å². The number of hydrogen-bond acceptors (Lipinski definition) is 26. The van der Waals surface area contributed by atoms with Gasteiger partial charge in [-0.1, -0.05) is 121 Å². The van der Waals surface area contributed by atoms with Gasteiger partial charge < -0.3 is 130 Å². The maximum Gasteiger partial charge on any atom is 0.157 e. The Morgan fingerprint density at radius 3 is 0.922 bits per heavy atom. The summed E-state index contributed by atoms with van der Waals surface area (Å²) < 4.78 is 56.3. The van der Waals surface area contributed by atoms with Gasteiger partial charge in [0.1, 0.15) is 120 Å². The van der Waals surface area contributed by atoms with E-state index in [0.29, 0.717) is 141 Å². The standard InChI is InChI=1S/2C24H24O5.C23H22O6.C23H22O5.C21H19NO4/c1-14-4-10-19-23(15(14)2)29-13-20(16-5-11-21(25)22(26)12-16)24(19,27)17-6-8-18(28-3)9-7-17;1-15-22(25)12-11-20-23(15)29-14-21(16-5-4-6-19(13-16)28-3)24(20,26)17-7-9-18(27-2)10-8-17;1-13-19(24)10-8-17-22(13)29-12-18(14-3-9-20(25)21(26)11-14)23(17,27)15-4-6-16(28-2)7-5-15;1-14-21(25)11-10-19-22(14)28-13-20(15-4-3-5-17(24)12-15)23(19,26)16-6-8-18(27-2)9-7-16;22-15-3-1-2-14(10-15)21(25)18-9-8-17(24)11-20(18)26-12-19(21)13-4-6-16(23)7-5-13/h4-12,20,25-27H,13H2,1-3H3;4-13,21,25-26H,14H2,1-3H3;3-11,18,24-27H,12H2,1-2H3;3-12,20,24-26H,13H2,1-2H3;1-11,19,23-25H,12,22H2. The largest absolute Gasteiger partial charge is 0.508 e. The number of aryl methyl sites for hydroxylation is 1. The number of hydrogen-bond donors (Lipinski definition) is 16. The number of phenols is 10. The van der Waals surface area contributed by atoms with Crippen LogP contribution < -0.4 is 53.1 Å². The van der Waals surface area contributed by atoms with Gasteiger partial charge in [-0.05, 0) is 271 Å². The molecule has 0 saturated heterocycles. The van der Waals surface area contributed by atoms with Crippen molar-refractivity contribution < 1.29 is 124 Å². The molecule has 0 spiro atoms. The number of rotatable bonds is 15. The molecule has 15 aromatic carbocycles. The zero-order chi connectivity index (χ0) is 100. The highest BCUT2D eigenvalue weighted by atomic mass is 16.5. The summed E-state index contributed by atoms with van der Waals surface area (Å²) in [6, 6.07) is 84.8. The van der Waals surface area contributed by atoms with Crippen LogP contribution in [-0.4, -0.2) is 145 Å². The van der Waals surface area contributed by atoms with E-state index >= 15 is 0 Å². The van der Waals surface area contributed by atoms with Crippen LogP contribution in [-0.2, 0) is 28.0 Å². The predicted molar refractivity (Wildman–Crippen MR) is 530 cm³/mol. The van der Waals surface area contributed by atoms with E-state index in [4.69, 9.17) is 53.1 Å². The van der Waals surface area contributed by atoms with Crippen LogP contribution in [0.4, 0.5) is 5.69 Å². The highest BCUT2D eigenvalue weighted by molar-refractivity contribution is 5.65. The highest BCUT2D eigenvalue weighted by Crippen LogP contribution is 2.59. The average Bonchev–Trinajstić information content (AvgIpc) is 0.716. The fraction of sp³-hybridized carbons (Fsp3) is 0.217. The molecule has 20 rings (SSSR count). The molecule has 15 aromatic rings. The Morgan fingerprint density at radius 1 is 0.241 bits per heavy atom. The number of methoxy groups -OCH3 is 5. The molecule has 26 heteroatoms. The maximum absolute atomic E-state index is 12.2. The summed E-state index contributed by atoms with van der Waals surface area (Å²) in [6.07, 6.45) is 0. The third kappa shape index (κ3) is 18.4. The van der Waals surface area contributed by atoms with E-state index < -0.39 is 51.7 Å². The molecule has 0 radical (unpaired) electrons. The van der Waals surface area contributed by atoms with E-state index in [2.05, 4.69) is 0 Å². The molecule has 26 nitrogen and oxygen atoms in total. The van der Waals surface area contributed by atoms with Gasteiger partial charge in [0.25, 0.3) is 0 Å². The van der Waals surface area contributed by atoms with Gasteiger partial charge in [0.05, 0.1) is 98.2 Å². The minimum Gasteiger partial charge on any atom is -0.508 e. The monoisotopic (exact) mass is 1910 g/mol. The van der Waals surface area contributed by atoms with Gasteiger partial charge in [-0.25, -0.2) is 0 Å². The van der Waals surface area contributed by atoms with Gasteiger partial charge in [-0.2, -0.15) is 0 Å². The van der Waals surface area contributed by atoms with Crippen LogP contribution >= 0.6 is 0 Å². The zero-order valence-electron chi connectivity index (χ0n) is 79.1. The fourth-order valence-corrected chi connectivity index (χ4v) is 19.6. The topological polar surface area (TPSA) is 422 Å². The van der Waals surface area contributed by atoms with Crippen LogP contribution in [0.3, 0.4) is 0 Å². The first kappa shape index (κ1) is 98.0. The number of fused-ring (bicyclic) bond motifs is 5. The van der Waals surface area contributed by atoms with Crippen molar-refractivity contribution in [1.82, 2.24) is 0 Å². The van der Waals surface area contributed by atoms with Crippen molar-refractivity contribution in [2.24, 2.45) is 0 Å². The Bertz CT molecular complexity index is 6890. The summed E-state index contributed by atoms with van der Waals surface area (Å²) in [5, 5.41) is 160. The molecule has 0 aromatic heterocycles. The summed E-state index contributed by atoms with van der Waals surface area (Å²) in [4.78, 5) is 0. The summed E-state index contributed by atoms with van der Waals surface area (Å²) >= 11 is 0. The van der Waals surface area contributed by atoms with Crippen LogP contribution in [0.5, 0.6) is 115 Å². The minimum atomic E-state index is -1.50. The third-order valence-electron chi connectivity index (χ3n) is 27.6. The summed E-state index contributed by atoms with van der Waals surface area (Å²) in [5.74, 6) is 3.47. The molecule has 141 heavy (non-hydrogen) atoms. The molecule has 17 N–H and O–H groups in total. The third-order valence-corrected chi connectivity index (χ3v) is 27.6. The van der Waals surface area contributed by atoms with E-state index in [0.717, 1.165) is 33.4 Å². The summed E-state index contributed by atoms with van der Waals surface area (Å²) in [6.45, 7) is 10.3. The van der Waals surface area contributed by atoms with Crippen LogP contribution in [0.15, 0.2) is 297 Å². The van der Waals surface area contributed by atoms with Crippen LogP contribution in [0.25, 0.3) is 0 Å². The van der Waals surface area contributed by atoms with Gasteiger partial charge in [0.2, 0.25) is 0 Å². The summed E-state index contributed by atoms with van der Waals surface area (Å²) in [5.41, 5.74) is 13.3. The molecule has 0 bridgehead atoms. The van der Waals surface area contributed by atoms with Crippen molar-refractivity contribution in [3.8, 4) is 115 Å². The van der Waals surface area contributed by atoms with E-state index in [1.54, 1.807) is 202 Å². The molecule has 0 fully saturated rings. The SMILES string of the molecule is COc1ccc(C2(O)c3ccc(C)c(C)c3OCC2c2ccc(O)c(O)c2)cc1.COc1ccc(C2(O)c3ccc(O)c(C)c3OCC2c2ccc(O)c(O)c2)cc1.COc1ccc(C2(O)c3ccc(O)c(C)c3OCC2c2cccc(O)c2)cc1.COc1ccc(C2(O)c3ccc(O)c(C)c3OCC2c2cccc(OC)c2)cc1.Nc1cccc(C2(O)c3ccc(O)cc3OCC2c2ccc(O)cc2)c1. The van der Waals surface area contributed by atoms with Gasteiger partial charge in [-0.3, -0.25) is 0 Å². The van der Waals surface area contributed by atoms with Crippen molar-refractivity contribution >= 4 is 5.69 Å². The van der Waals surface area contributed by atoms with E-state index in [9.17, 15) is 76.6 Å². The van der Waals surface area contributed by atoms with E-state index in [1.807, 2.05) is 123 Å². The second-order valence-electron chi connectivity index (χ2n) is 35.5. The Morgan fingerprint density at radius 2 is 0.546 bits per heavy atom. The number of aliphatic hydroxyl groups is 5. The molecule has 5 aliphatic heterocycles. The normalized spacial score (nSPS) is 20.8. The van der Waals surface area contributed by atoms with Crippen molar-refractivity contribution in [2.75, 3.05) is 74.3 Å². The summed E-state index contributed by atoms with van der Waals surface area (Å²) in [7, 11) is 7.99. The van der Waals surface area contributed by atoms with Crippen LogP contribution in [0, 0.1) is 34.6 Å². The van der Waals surface area contributed by atoms with Crippen LogP contribution in [0.1, 0.15) is 141 Å². The zero-order valence-corrected chi connectivity index (χ0v) is 79.1. The molecule has 5 aliphatic rings. The van der Waals surface area contributed by atoms with Gasteiger partial charge in [0, 0.05) is 56.3 Å². The molecule has 5 heterocycles. The van der Waals surface area contributed by atoms with Crippen LogP contribution in [0.2, 0.25) is 0 Å². The van der Waals surface area contributed by atoms with Gasteiger partial charge >= 0.3 is 0 Å². The molecule has 0 amide bonds. The first-order valence-corrected chi connectivity index (χ1v) is 45.5. The number of nitrogens with two attached hydrogens (primary N) is 1. The lowest BCUT2D eigenvalue weighted by molar-refractivity contribution is 0.00976. The molecule has 726 valence electrons. The number of nitrogen functional groups attached to an aromatic ring is 1. The predicted octanol–water partition coefficient (Wildman–Crippen LogP) is 18.7. The quantitative estimate of drug-likeness (QED) is 0.0335. The Labute approximate surface area is 815 Å². The van der Waals surface area contributed by atoms with Gasteiger partial charge in [0.15, 0.2) is 23.0 Å². The molecular weight excluding hydrogens is 1800 g/mol. The Kier molecular flexibility index (Phi) is 27.9. The Balaban J connectivity index is 0.000000127. The second-order valence-corrected chi connectivity index (χ2v) is 35.5. The van der Waals surface area contributed by atoms with Crippen molar-refractivity contribution in [3.63, 3.8) is 0 Å². The molecule has 10 atom stereocenters. The maximum atomic E-state index is 12.2. The lowest BCUT2D eigenvalue weighted by Crippen LogP contribution is -2.42. The lowest BCUT2D eigenvalue weighted by atomic mass is 9.71. The molecule has 0 saturated carbocycles. The minimum absolute atomic E-state index is 0.0711. The van der Waals surface area contributed by atoms with E-state index in [-0.39, 0.29) is 96.4 Å². The first-order valence-electron chi connectivity index (χ1n) is 45.5. The highest BCUT2D eigenvalue weighted by Gasteiger charge is 2.53. The number of aromatic hydroxyl groups is 10. The van der Waals surface area contributed by atoms with Crippen molar-refractivity contribution in [1.29, 1.82) is 0 Å². The lowest BCUT2D eigenvalue weighted by Gasteiger charge is -2.42. The number of ether oxygens (including phenoxy) is 10. The van der Waals surface area contributed by atoms with E-state index in [1.165, 1.54) is 42.5 Å². The Hall–Kier alpha value is -16.1. The average molecular weight is 1910 g/mol. The first-order chi connectivity index (χ1) is 67.6. The van der Waals surface area contributed by atoms with Crippen molar-refractivity contribution in [2.45, 2.75) is 92.2 Å². The van der Waals surface area contributed by atoms with Crippen molar-refractivity contribution in [3.05, 3.63) is 409 Å². The number of phenolic OH excluding ortho intramolecular Hbond substituents is 10. The molecule has 0 aliphatic carbocycles. The smallest absolute Gasteiger partial charge is 0.157 e. The second kappa shape index (κ2) is 40.1. The number of anilines is 1. The number of benzene rings is 15.